The maximum absolute atomic E-state index is 11.7. The molecule has 1 aromatic heterocycles. The highest BCUT2D eigenvalue weighted by Gasteiger charge is 2.52. The average Bonchev–Trinajstić information content (AvgIpc) is 2.66. The second-order valence-electron chi connectivity index (χ2n) is 7.92. The molecule has 2 aliphatic rings. The van der Waals surface area contributed by atoms with Gasteiger partial charge in [0.1, 0.15) is 0 Å². The Morgan fingerprint density at radius 3 is 2.46 bits per heavy atom. The zero-order valence-electron chi connectivity index (χ0n) is 15.2. The average molecular weight is 332 g/mol. The van der Waals surface area contributed by atoms with Crippen LogP contribution in [0, 0.1) is 12.8 Å². The lowest BCUT2D eigenvalue weighted by Gasteiger charge is -2.32. The molecule has 24 heavy (non-hydrogen) atoms. The molecule has 0 saturated carbocycles. The van der Waals surface area contributed by atoms with Gasteiger partial charge < -0.3 is 14.4 Å². The molecule has 1 N–H and O–H groups in total. The number of amides is 1. The van der Waals surface area contributed by atoms with Crippen molar-refractivity contribution < 1.29 is 19.2 Å². The first kappa shape index (κ1) is 17.2. The van der Waals surface area contributed by atoms with Gasteiger partial charge in [0.05, 0.1) is 22.6 Å². The third kappa shape index (κ3) is 2.60. The van der Waals surface area contributed by atoms with E-state index in [2.05, 4.69) is 4.98 Å². The lowest BCUT2D eigenvalue weighted by atomic mass is 9.76. The fourth-order valence-corrected chi connectivity index (χ4v) is 3.35. The zero-order chi connectivity index (χ0) is 17.9. The minimum Gasteiger partial charge on any atom is -0.465 e. The van der Waals surface area contributed by atoms with Crippen molar-refractivity contribution in [1.82, 2.24) is 4.98 Å². The van der Waals surface area contributed by atoms with Gasteiger partial charge in [-0.25, -0.2) is 4.79 Å². The molecule has 1 unspecified atom stereocenters. The summed E-state index contributed by atoms with van der Waals surface area (Å²) in [5, 5.41) is 9.59. The highest BCUT2D eigenvalue weighted by molar-refractivity contribution is 6.62. The van der Waals surface area contributed by atoms with Crippen molar-refractivity contribution in [3.63, 3.8) is 0 Å². The van der Waals surface area contributed by atoms with Crippen LogP contribution >= 0.6 is 0 Å². The number of nitrogens with zero attached hydrogens (tertiary/aromatic N) is 2. The molecule has 0 aliphatic carbocycles. The number of hydrogen-bond donors (Lipinski definition) is 1. The van der Waals surface area contributed by atoms with E-state index in [4.69, 9.17) is 9.31 Å². The third-order valence-corrected chi connectivity index (χ3v) is 5.47. The Labute approximate surface area is 143 Å². The van der Waals surface area contributed by atoms with E-state index in [9.17, 15) is 9.90 Å². The second kappa shape index (κ2) is 5.46. The number of aromatic nitrogens is 1. The van der Waals surface area contributed by atoms with Crippen LogP contribution in [0.3, 0.4) is 0 Å². The molecule has 1 saturated heterocycles. The molecule has 3 heterocycles. The van der Waals surface area contributed by atoms with Crippen molar-refractivity contribution in [2.75, 3.05) is 11.4 Å². The molecule has 2 aliphatic heterocycles. The SMILES string of the molecule is Cc1c(B2OC(C)(C)C(C)(C)O2)cnc2c1N(C(=O)O)CC(C)C2. The van der Waals surface area contributed by atoms with Crippen LogP contribution in [0.4, 0.5) is 10.5 Å². The van der Waals surface area contributed by atoms with Crippen LogP contribution in [0.25, 0.3) is 0 Å². The van der Waals surface area contributed by atoms with Crippen molar-refractivity contribution in [2.45, 2.75) is 59.2 Å². The maximum Gasteiger partial charge on any atom is 0.496 e. The Hall–Kier alpha value is -1.60. The number of pyridine rings is 1. The Morgan fingerprint density at radius 2 is 1.92 bits per heavy atom. The lowest BCUT2D eigenvalue weighted by molar-refractivity contribution is 0.00578. The number of hydrogen-bond acceptors (Lipinski definition) is 4. The molecule has 3 rings (SSSR count). The molecular weight excluding hydrogens is 307 g/mol. The summed E-state index contributed by atoms with van der Waals surface area (Å²) >= 11 is 0. The molecule has 130 valence electrons. The largest absolute Gasteiger partial charge is 0.496 e. The molecule has 7 heteroatoms. The fourth-order valence-electron chi connectivity index (χ4n) is 3.35. The Morgan fingerprint density at radius 1 is 1.33 bits per heavy atom. The molecule has 0 radical (unpaired) electrons. The minimum absolute atomic E-state index is 0.253. The molecule has 1 atom stereocenters. The quantitative estimate of drug-likeness (QED) is 0.800. The van der Waals surface area contributed by atoms with Gasteiger partial charge in [0.25, 0.3) is 0 Å². The maximum atomic E-state index is 11.7. The first-order valence-corrected chi connectivity index (χ1v) is 8.38. The van der Waals surface area contributed by atoms with Crippen molar-refractivity contribution in [1.29, 1.82) is 0 Å². The summed E-state index contributed by atoms with van der Waals surface area (Å²) in [4.78, 5) is 17.6. The number of fused-ring (bicyclic) bond motifs is 1. The smallest absolute Gasteiger partial charge is 0.465 e. The van der Waals surface area contributed by atoms with Gasteiger partial charge >= 0.3 is 13.2 Å². The molecule has 6 nitrogen and oxygen atoms in total. The van der Waals surface area contributed by atoms with Crippen LogP contribution in [-0.4, -0.2) is 41.0 Å². The third-order valence-electron chi connectivity index (χ3n) is 5.47. The van der Waals surface area contributed by atoms with Gasteiger partial charge in [-0.05, 0) is 52.5 Å². The zero-order valence-corrected chi connectivity index (χ0v) is 15.2. The van der Waals surface area contributed by atoms with Crippen LogP contribution in [0.15, 0.2) is 6.20 Å². The van der Waals surface area contributed by atoms with E-state index in [0.717, 1.165) is 23.1 Å². The molecule has 1 fully saturated rings. The van der Waals surface area contributed by atoms with E-state index >= 15 is 0 Å². The van der Waals surface area contributed by atoms with Gasteiger partial charge in [0.2, 0.25) is 0 Å². The fraction of sp³-hybridized carbons (Fsp3) is 0.647. The van der Waals surface area contributed by atoms with Crippen LogP contribution in [0.5, 0.6) is 0 Å². The topological polar surface area (TPSA) is 71.9 Å². The van der Waals surface area contributed by atoms with Crippen molar-refractivity contribution in [2.24, 2.45) is 5.92 Å². The highest BCUT2D eigenvalue weighted by Crippen LogP contribution is 2.38. The van der Waals surface area contributed by atoms with E-state index in [-0.39, 0.29) is 5.92 Å². The van der Waals surface area contributed by atoms with Gasteiger partial charge in [-0.3, -0.25) is 9.88 Å². The Balaban J connectivity index is 2.04. The molecule has 0 bridgehead atoms. The predicted octanol–water partition coefficient (Wildman–Crippen LogP) is 2.37. The summed E-state index contributed by atoms with van der Waals surface area (Å²) in [6.07, 6.45) is 1.61. The van der Waals surface area contributed by atoms with Crippen molar-refractivity contribution in [3.8, 4) is 0 Å². The number of carbonyl (C=O) groups is 1. The van der Waals surface area contributed by atoms with Gasteiger partial charge in [-0.15, -0.1) is 0 Å². The first-order valence-electron chi connectivity index (χ1n) is 8.38. The summed E-state index contributed by atoms with van der Waals surface area (Å²) in [6.45, 7) is 12.4. The van der Waals surface area contributed by atoms with Crippen LogP contribution < -0.4 is 10.4 Å². The number of rotatable bonds is 1. The lowest BCUT2D eigenvalue weighted by Crippen LogP contribution is -2.43. The van der Waals surface area contributed by atoms with E-state index in [0.29, 0.717) is 12.2 Å². The molecule has 0 aromatic carbocycles. The van der Waals surface area contributed by atoms with E-state index in [1.54, 1.807) is 6.20 Å². The van der Waals surface area contributed by atoms with Gasteiger partial charge in [-0.2, -0.15) is 0 Å². The summed E-state index contributed by atoms with van der Waals surface area (Å²) < 4.78 is 12.2. The van der Waals surface area contributed by atoms with Gasteiger partial charge in [0, 0.05) is 18.2 Å². The van der Waals surface area contributed by atoms with Crippen molar-refractivity contribution >= 4 is 24.4 Å². The van der Waals surface area contributed by atoms with E-state index < -0.39 is 24.4 Å². The van der Waals surface area contributed by atoms with E-state index in [1.165, 1.54) is 4.90 Å². The molecule has 1 amide bonds. The molecule has 0 spiro atoms. The number of carboxylic acid groups (broad SMARTS) is 1. The summed E-state index contributed by atoms with van der Waals surface area (Å²) in [5.41, 5.74) is 2.30. The van der Waals surface area contributed by atoms with Crippen molar-refractivity contribution in [3.05, 3.63) is 17.5 Å². The minimum atomic E-state index is -0.946. The van der Waals surface area contributed by atoms with Crippen LogP contribution in [0.1, 0.15) is 45.9 Å². The molecular formula is C17H25BN2O4. The Kier molecular flexibility index (Phi) is 3.92. The monoisotopic (exact) mass is 332 g/mol. The summed E-state index contributed by atoms with van der Waals surface area (Å²) in [7, 11) is -0.539. The second-order valence-corrected chi connectivity index (χ2v) is 7.92. The van der Waals surface area contributed by atoms with Crippen LogP contribution in [0.2, 0.25) is 0 Å². The van der Waals surface area contributed by atoms with Gasteiger partial charge in [0.15, 0.2) is 0 Å². The molecule has 1 aromatic rings. The summed E-state index contributed by atoms with van der Waals surface area (Å²) in [5.74, 6) is 0.253. The normalized spacial score (nSPS) is 24.8. The Bertz CT molecular complexity index is 673. The van der Waals surface area contributed by atoms with Gasteiger partial charge in [-0.1, -0.05) is 6.92 Å². The summed E-state index contributed by atoms with van der Waals surface area (Å²) in [6, 6.07) is 0. The first-order chi connectivity index (χ1) is 11.0. The standard InChI is InChI=1S/C17H25BN2O4/c1-10-7-13-14(20(9-10)15(21)22)11(2)12(8-19-13)18-23-16(3,4)17(5,6)24-18/h8,10H,7,9H2,1-6H3,(H,21,22). The van der Waals surface area contributed by atoms with E-state index in [1.807, 2.05) is 41.5 Å². The number of anilines is 1. The highest BCUT2D eigenvalue weighted by atomic mass is 16.7. The predicted molar refractivity (Wildman–Crippen MR) is 92.9 cm³/mol. The van der Waals surface area contributed by atoms with Crippen LogP contribution in [-0.2, 0) is 15.7 Å².